The number of hydrogen-bond donors (Lipinski definition) is 0. The van der Waals surface area contributed by atoms with E-state index >= 15 is 0 Å². The Bertz CT molecular complexity index is 519. The number of carbonyl (C=O) groups excluding carboxylic acids is 1. The van der Waals surface area contributed by atoms with Crippen LogP contribution in [0.1, 0.15) is 22.8 Å². The summed E-state index contributed by atoms with van der Waals surface area (Å²) in [6, 6.07) is 4.54. The van der Waals surface area contributed by atoms with Crippen LogP contribution in [0.5, 0.6) is 0 Å². The van der Waals surface area contributed by atoms with E-state index < -0.39 is 4.92 Å². The van der Waals surface area contributed by atoms with Crippen molar-refractivity contribution in [2.75, 3.05) is 18.4 Å². The van der Waals surface area contributed by atoms with Crippen molar-refractivity contribution in [2.45, 2.75) is 13.3 Å². The predicted octanol–water partition coefficient (Wildman–Crippen LogP) is 2.62. The van der Waals surface area contributed by atoms with Crippen LogP contribution in [0.15, 0.2) is 18.2 Å². The summed E-state index contributed by atoms with van der Waals surface area (Å²) in [5.74, 6) is 0.266. The van der Waals surface area contributed by atoms with Gasteiger partial charge in [0.2, 0.25) is 0 Å². The maximum atomic E-state index is 12.3. The quantitative estimate of drug-likeness (QED) is 0.485. The lowest BCUT2D eigenvalue weighted by atomic mass is 9.97. The summed E-state index contributed by atoms with van der Waals surface area (Å²) in [6.45, 7) is 3.41. The Kier molecular flexibility index (Phi) is 4.19. The number of nitro groups is 1. The third-order valence-electron chi connectivity index (χ3n) is 3.27. The Labute approximate surface area is 119 Å². The molecule has 1 unspecified atom stereocenters. The molecule has 1 aliphatic heterocycles. The normalized spacial score (nSPS) is 16.1. The van der Waals surface area contributed by atoms with Crippen LogP contribution < -0.4 is 0 Å². The molecule has 0 saturated carbocycles. The van der Waals surface area contributed by atoms with Gasteiger partial charge >= 0.3 is 0 Å². The van der Waals surface area contributed by atoms with Crippen LogP contribution in [0.25, 0.3) is 0 Å². The van der Waals surface area contributed by atoms with Crippen molar-refractivity contribution in [3.63, 3.8) is 0 Å². The zero-order chi connectivity index (χ0) is 14.0. The maximum absolute atomic E-state index is 12.3. The van der Waals surface area contributed by atoms with Crippen LogP contribution >= 0.6 is 15.9 Å². The van der Waals surface area contributed by atoms with Gasteiger partial charge in [-0.1, -0.05) is 28.9 Å². The van der Waals surface area contributed by atoms with E-state index in [0.717, 1.165) is 17.3 Å². The molecular weight excluding hydrogens is 312 g/mol. The second-order valence-corrected chi connectivity index (χ2v) is 5.51. The second-order valence-electron chi connectivity index (χ2n) is 4.86. The van der Waals surface area contributed by atoms with Crippen LogP contribution in [0.2, 0.25) is 0 Å². The minimum Gasteiger partial charge on any atom is -0.338 e. The fraction of sp³-hybridized carbons (Fsp3) is 0.462. The van der Waals surface area contributed by atoms with Crippen molar-refractivity contribution in [3.8, 4) is 0 Å². The van der Waals surface area contributed by atoms with Crippen LogP contribution in [0, 0.1) is 16.0 Å². The number of amides is 1. The van der Waals surface area contributed by atoms with Gasteiger partial charge in [-0.2, -0.15) is 0 Å². The summed E-state index contributed by atoms with van der Waals surface area (Å²) in [4.78, 5) is 24.4. The molecule has 1 aromatic carbocycles. The van der Waals surface area contributed by atoms with E-state index in [2.05, 4.69) is 22.9 Å². The van der Waals surface area contributed by atoms with Crippen LogP contribution in [0.3, 0.4) is 0 Å². The standard InChI is InChI=1S/C13H15BrN2O3/c1-9(7-14)8-15-5-4-10-2-3-11(16(18)19)6-12(10)13(15)17/h2-3,6,9H,4-5,7-8H2,1H3. The molecule has 0 spiro atoms. The topological polar surface area (TPSA) is 63.4 Å². The molecule has 0 saturated heterocycles. The first-order valence-electron chi connectivity index (χ1n) is 6.15. The van der Waals surface area contributed by atoms with Crippen LogP contribution in [-0.4, -0.2) is 34.2 Å². The molecule has 1 heterocycles. The summed E-state index contributed by atoms with van der Waals surface area (Å²) in [6.07, 6.45) is 0.758. The summed E-state index contributed by atoms with van der Waals surface area (Å²) in [5, 5.41) is 11.6. The van der Waals surface area contributed by atoms with Gasteiger partial charge in [-0.3, -0.25) is 14.9 Å². The van der Waals surface area contributed by atoms with Crippen molar-refractivity contribution in [3.05, 3.63) is 39.4 Å². The first kappa shape index (κ1) is 14.0. The van der Waals surface area contributed by atoms with Gasteiger partial charge < -0.3 is 4.90 Å². The largest absolute Gasteiger partial charge is 0.338 e. The molecule has 0 aromatic heterocycles. The number of non-ortho nitro benzene ring substituents is 1. The lowest BCUT2D eigenvalue weighted by Crippen LogP contribution is -2.40. The molecule has 1 aromatic rings. The Morgan fingerprint density at radius 3 is 2.89 bits per heavy atom. The van der Waals surface area contributed by atoms with Crippen molar-refractivity contribution >= 4 is 27.5 Å². The van der Waals surface area contributed by atoms with Crippen molar-refractivity contribution in [1.82, 2.24) is 4.90 Å². The Morgan fingerprint density at radius 1 is 1.53 bits per heavy atom. The van der Waals surface area contributed by atoms with Gasteiger partial charge in [0.25, 0.3) is 11.6 Å². The van der Waals surface area contributed by atoms with E-state index in [1.165, 1.54) is 12.1 Å². The Hall–Kier alpha value is -1.43. The third-order valence-corrected chi connectivity index (χ3v) is 4.37. The fourth-order valence-electron chi connectivity index (χ4n) is 2.22. The highest BCUT2D eigenvalue weighted by atomic mass is 79.9. The molecule has 0 N–H and O–H groups in total. The summed E-state index contributed by atoms with van der Waals surface area (Å²) < 4.78 is 0. The first-order chi connectivity index (χ1) is 9.02. The van der Waals surface area contributed by atoms with Gasteiger partial charge in [0.1, 0.15) is 0 Å². The van der Waals surface area contributed by atoms with E-state index in [0.29, 0.717) is 24.6 Å². The van der Waals surface area contributed by atoms with E-state index in [1.807, 2.05) is 0 Å². The summed E-state index contributed by atoms with van der Waals surface area (Å²) in [7, 11) is 0. The molecule has 0 fully saturated rings. The van der Waals surface area contributed by atoms with Crippen LogP contribution in [-0.2, 0) is 6.42 Å². The number of halogens is 1. The number of nitro benzene ring substituents is 1. The molecule has 0 radical (unpaired) electrons. The number of carbonyl (C=O) groups is 1. The third kappa shape index (κ3) is 2.94. The number of alkyl halides is 1. The molecule has 102 valence electrons. The molecule has 19 heavy (non-hydrogen) atoms. The zero-order valence-electron chi connectivity index (χ0n) is 10.6. The van der Waals surface area contributed by atoms with E-state index in [1.54, 1.807) is 11.0 Å². The average Bonchev–Trinajstić information content (AvgIpc) is 2.41. The van der Waals surface area contributed by atoms with E-state index in [-0.39, 0.29) is 11.6 Å². The molecule has 1 amide bonds. The highest BCUT2D eigenvalue weighted by molar-refractivity contribution is 9.09. The number of hydrogen-bond acceptors (Lipinski definition) is 3. The minimum atomic E-state index is -0.465. The Morgan fingerprint density at radius 2 is 2.26 bits per heavy atom. The SMILES string of the molecule is CC(CBr)CN1CCc2ccc([N+](=O)[O-])cc2C1=O. The van der Waals surface area contributed by atoms with Gasteiger partial charge in [0, 0.05) is 36.1 Å². The molecule has 2 rings (SSSR count). The highest BCUT2D eigenvalue weighted by Gasteiger charge is 2.26. The van der Waals surface area contributed by atoms with Gasteiger partial charge in [0.15, 0.2) is 0 Å². The minimum absolute atomic E-state index is 0.0255. The second kappa shape index (κ2) is 5.69. The maximum Gasteiger partial charge on any atom is 0.270 e. The fourth-order valence-corrected chi connectivity index (χ4v) is 2.43. The average molecular weight is 327 g/mol. The molecular formula is C13H15BrN2O3. The van der Waals surface area contributed by atoms with Gasteiger partial charge in [-0.15, -0.1) is 0 Å². The number of nitrogens with zero attached hydrogens (tertiary/aromatic N) is 2. The lowest BCUT2D eigenvalue weighted by molar-refractivity contribution is -0.384. The number of benzene rings is 1. The van der Waals surface area contributed by atoms with Gasteiger partial charge in [0.05, 0.1) is 4.92 Å². The van der Waals surface area contributed by atoms with Crippen molar-refractivity contribution in [2.24, 2.45) is 5.92 Å². The summed E-state index contributed by atoms with van der Waals surface area (Å²) >= 11 is 3.40. The Balaban J connectivity index is 2.26. The van der Waals surface area contributed by atoms with Gasteiger partial charge in [-0.25, -0.2) is 0 Å². The molecule has 1 aliphatic rings. The van der Waals surface area contributed by atoms with Gasteiger partial charge in [-0.05, 0) is 17.9 Å². The zero-order valence-corrected chi connectivity index (χ0v) is 12.2. The molecule has 6 heteroatoms. The smallest absolute Gasteiger partial charge is 0.270 e. The van der Waals surface area contributed by atoms with E-state index in [9.17, 15) is 14.9 Å². The molecule has 1 atom stereocenters. The predicted molar refractivity (Wildman–Crippen MR) is 75.7 cm³/mol. The highest BCUT2D eigenvalue weighted by Crippen LogP contribution is 2.24. The van der Waals surface area contributed by atoms with E-state index in [4.69, 9.17) is 0 Å². The van der Waals surface area contributed by atoms with Crippen molar-refractivity contribution < 1.29 is 9.72 Å². The van der Waals surface area contributed by atoms with Crippen LogP contribution in [0.4, 0.5) is 5.69 Å². The summed E-state index contributed by atoms with van der Waals surface area (Å²) in [5.41, 5.74) is 1.35. The monoisotopic (exact) mass is 326 g/mol. The number of rotatable bonds is 4. The lowest BCUT2D eigenvalue weighted by Gasteiger charge is -2.30. The molecule has 0 aliphatic carbocycles. The first-order valence-corrected chi connectivity index (χ1v) is 7.27. The number of fused-ring (bicyclic) bond motifs is 1. The van der Waals surface area contributed by atoms with Crippen molar-refractivity contribution in [1.29, 1.82) is 0 Å². The molecule has 0 bridgehead atoms. The molecule has 5 nitrogen and oxygen atoms in total.